The van der Waals surface area contributed by atoms with Crippen LogP contribution in [0.3, 0.4) is 0 Å². The highest BCUT2D eigenvalue weighted by Gasteiger charge is 2.23. The average Bonchev–Trinajstić information content (AvgIpc) is 3.32. The Morgan fingerprint density at radius 3 is 1.92 bits per heavy atom. The summed E-state index contributed by atoms with van der Waals surface area (Å²) in [7, 11) is 0. The highest BCUT2D eigenvalue weighted by molar-refractivity contribution is 7.80. The zero-order valence-electron chi connectivity index (χ0n) is 14.8. The van der Waals surface area contributed by atoms with Gasteiger partial charge >= 0.3 is 0 Å². The van der Waals surface area contributed by atoms with E-state index in [1.807, 2.05) is 0 Å². The van der Waals surface area contributed by atoms with Gasteiger partial charge in [-0.3, -0.25) is 0 Å². The van der Waals surface area contributed by atoms with Crippen molar-refractivity contribution in [2.75, 3.05) is 41.3 Å². The molecule has 0 amide bonds. The lowest BCUT2D eigenvalue weighted by Crippen LogP contribution is -2.32. The van der Waals surface area contributed by atoms with Crippen molar-refractivity contribution in [2.45, 2.75) is 57.4 Å². The summed E-state index contributed by atoms with van der Waals surface area (Å²) < 4.78 is 0. The van der Waals surface area contributed by atoms with Gasteiger partial charge in [0.15, 0.2) is 5.11 Å². The molecule has 1 saturated carbocycles. The number of nitrogens with zero attached hydrogens (tertiary/aromatic N) is 4. The Morgan fingerprint density at radius 2 is 1.40 bits per heavy atom. The van der Waals surface area contributed by atoms with Crippen LogP contribution in [0.4, 0.5) is 17.6 Å². The fourth-order valence-electron chi connectivity index (χ4n) is 3.60. The second kappa shape index (κ2) is 7.72. The molecule has 0 radical (unpaired) electrons. The van der Waals surface area contributed by atoms with Crippen molar-refractivity contribution in [1.29, 1.82) is 0 Å². The van der Waals surface area contributed by atoms with Crippen LogP contribution in [0.25, 0.3) is 0 Å². The quantitative estimate of drug-likeness (QED) is 0.801. The van der Waals surface area contributed by atoms with E-state index < -0.39 is 0 Å². The predicted octanol–water partition coefficient (Wildman–Crippen LogP) is 2.91. The summed E-state index contributed by atoms with van der Waals surface area (Å²) in [6, 6.07) is 2.70. The second-order valence-corrected chi connectivity index (χ2v) is 7.78. The van der Waals surface area contributed by atoms with E-state index in [1.54, 1.807) is 0 Å². The van der Waals surface area contributed by atoms with Gasteiger partial charge in [-0.2, -0.15) is 9.97 Å². The first kappa shape index (κ1) is 16.8. The summed E-state index contributed by atoms with van der Waals surface area (Å²) in [5.74, 6) is 2.70. The number of hydrogen-bond acceptors (Lipinski definition) is 5. The number of hydrogen-bond donors (Lipinski definition) is 2. The summed E-state index contributed by atoms with van der Waals surface area (Å²) in [6.45, 7) is 4.34. The summed E-state index contributed by atoms with van der Waals surface area (Å²) in [6.07, 6.45) is 10.0. The molecule has 3 aliphatic rings. The van der Waals surface area contributed by atoms with Crippen LogP contribution in [0.5, 0.6) is 0 Å². The molecule has 1 aromatic rings. The maximum Gasteiger partial charge on any atom is 0.232 e. The van der Waals surface area contributed by atoms with Gasteiger partial charge in [0.25, 0.3) is 0 Å². The zero-order chi connectivity index (χ0) is 17.1. The number of thiocarbonyl (C=S) groups is 1. The third kappa shape index (κ3) is 4.51. The van der Waals surface area contributed by atoms with Crippen molar-refractivity contribution < 1.29 is 0 Å². The largest absolute Gasteiger partial charge is 0.360 e. The molecular formula is C18H28N6S. The highest BCUT2D eigenvalue weighted by Crippen LogP contribution is 2.26. The van der Waals surface area contributed by atoms with E-state index in [1.165, 1.54) is 51.4 Å². The van der Waals surface area contributed by atoms with Crippen LogP contribution in [0.2, 0.25) is 0 Å². The van der Waals surface area contributed by atoms with Crippen LogP contribution < -0.4 is 20.4 Å². The van der Waals surface area contributed by atoms with Crippen molar-refractivity contribution in [1.82, 2.24) is 15.3 Å². The zero-order valence-corrected chi connectivity index (χ0v) is 15.7. The highest BCUT2D eigenvalue weighted by atomic mass is 32.1. The van der Waals surface area contributed by atoms with Crippen LogP contribution >= 0.6 is 12.2 Å². The molecule has 2 saturated heterocycles. The van der Waals surface area contributed by atoms with Crippen LogP contribution in [0.15, 0.2) is 6.07 Å². The first-order chi connectivity index (χ1) is 12.3. The molecular weight excluding hydrogens is 332 g/mol. The average molecular weight is 361 g/mol. The molecule has 2 N–H and O–H groups in total. The molecule has 1 aliphatic carbocycles. The number of anilines is 3. The minimum atomic E-state index is 0.534. The topological polar surface area (TPSA) is 56.3 Å². The fourth-order valence-corrected chi connectivity index (χ4v) is 3.86. The minimum absolute atomic E-state index is 0.534. The maximum atomic E-state index is 5.42. The Hall–Kier alpha value is -1.63. The molecule has 0 bridgehead atoms. The van der Waals surface area contributed by atoms with Crippen LogP contribution in [0, 0.1) is 0 Å². The van der Waals surface area contributed by atoms with E-state index in [0.717, 1.165) is 37.8 Å². The van der Waals surface area contributed by atoms with Gasteiger partial charge < -0.3 is 20.4 Å². The molecule has 0 spiro atoms. The summed E-state index contributed by atoms with van der Waals surface area (Å²) in [4.78, 5) is 14.3. The summed E-state index contributed by atoms with van der Waals surface area (Å²) in [5.41, 5.74) is 0. The Labute approximate surface area is 155 Å². The van der Waals surface area contributed by atoms with Crippen LogP contribution in [-0.2, 0) is 0 Å². The molecule has 4 rings (SSSR count). The minimum Gasteiger partial charge on any atom is -0.360 e. The molecule has 7 heteroatoms. The van der Waals surface area contributed by atoms with E-state index in [4.69, 9.17) is 22.2 Å². The predicted molar refractivity (Wildman–Crippen MR) is 107 cm³/mol. The van der Waals surface area contributed by atoms with Gasteiger partial charge in [-0.25, -0.2) is 0 Å². The molecule has 6 nitrogen and oxygen atoms in total. The molecule has 2 aliphatic heterocycles. The van der Waals surface area contributed by atoms with Gasteiger partial charge in [-0.15, -0.1) is 0 Å². The number of aromatic nitrogens is 2. The Bertz CT molecular complexity index is 604. The monoisotopic (exact) mass is 360 g/mol. The smallest absolute Gasteiger partial charge is 0.232 e. The van der Waals surface area contributed by atoms with Gasteiger partial charge in [0.1, 0.15) is 11.6 Å². The first-order valence-corrected chi connectivity index (χ1v) is 10.2. The van der Waals surface area contributed by atoms with Crippen molar-refractivity contribution in [3.05, 3.63) is 6.07 Å². The summed E-state index contributed by atoms with van der Waals surface area (Å²) >= 11 is 5.42. The lowest BCUT2D eigenvalue weighted by atomic mass is 10.2. The van der Waals surface area contributed by atoms with Crippen LogP contribution in [0.1, 0.15) is 51.4 Å². The Morgan fingerprint density at radius 1 is 0.880 bits per heavy atom. The number of nitrogens with one attached hydrogen (secondary N) is 2. The maximum absolute atomic E-state index is 5.42. The van der Waals surface area contributed by atoms with Gasteiger partial charge in [0.2, 0.25) is 5.95 Å². The fraction of sp³-hybridized carbons (Fsp3) is 0.722. The standard InChI is InChI=1S/C18H28N6S/c25-18(19-14-7-8-14)22-17-20-15(23-9-3-1-2-4-10-23)13-16(21-17)24-11-5-6-12-24/h13-14H,1-12H2,(H2,19,20,21,22,25). The molecule has 25 heavy (non-hydrogen) atoms. The Balaban J connectivity index is 1.56. The van der Waals surface area contributed by atoms with E-state index in [-0.39, 0.29) is 0 Å². The van der Waals surface area contributed by atoms with Crippen molar-refractivity contribution in [3.8, 4) is 0 Å². The molecule has 0 atom stereocenters. The molecule has 1 aromatic heterocycles. The Kier molecular flexibility index (Phi) is 5.20. The third-order valence-corrected chi connectivity index (χ3v) is 5.42. The van der Waals surface area contributed by atoms with E-state index >= 15 is 0 Å². The van der Waals surface area contributed by atoms with E-state index in [2.05, 4.69) is 26.5 Å². The van der Waals surface area contributed by atoms with E-state index in [0.29, 0.717) is 17.1 Å². The van der Waals surface area contributed by atoms with Crippen LogP contribution in [-0.4, -0.2) is 47.3 Å². The van der Waals surface area contributed by atoms with Crippen molar-refractivity contribution in [2.24, 2.45) is 0 Å². The third-order valence-electron chi connectivity index (χ3n) is 5.20. The molecule has 3 fully saturated rings. The normalized spacial score (nSPS) is 21.1. The second-order valence-electron chi connectivity index (χ2n) is 7.38. The number of rotatable bonds is 4. The van der Waals surface area contributed by atoms with Gasteiger partial charge in [0.05, 0.1) is 0 Å². The van der Waals surface area contributed by atoms with Crippen molar-refractivity contribution >= 4 is 34.9 Å². The lowest BCUT2D eigenvalue weighted by molar-refractivity contribution is 0.726. The van der Waals surface area contributed by atoms with E-state index in [9.17, 15) is 0 Å². The lowest BCUT2D eigenvalue weighted by Gasteiger charge is -2.25. The molecule has 3 heterocycles. The molecule has 0 aromatic carbocycles. The van der Waals surface area contributed by atoms with Crippen molar-refractivity contribution in [3.63, 3.8) is 0 Å². The first-order valence-electron chi connectivity index (χ1n) is 9.74. The summed E-state index contributed by atoms with van der Waals surface area (Å²) in [5, 5.41) is 7.17. The van der Waals surface area contributed by atoms with Gasteiger partial charge in [-0.05, 0) is 50.7 Å². The van der Waals surface area contributed by atoms with Gasteiger partial charge in [-0.1, -0.05) is 12.8 Å². The molecule has 0 unspecified atom stereocenters. The van der Waals surface area contributed by atoms with Gasteiger partial charge in [0, 0.05) is 38.3 Å². The molecule has 136 valence electrons. The SMILES string of the molecule is S=C(Nc1nc(N2CCCCCC2)cc(N2CCCC2)n1)NC1CC1.